The number of thiophene rings is 1. The summed E-state index contributed by atoms with van der Waals surface area (Å²) in [6, 6.07) is 0. The minimum absolute atomic E-state index is 0.713. The van der Waals surface area contributed by atoms with E-state index >= 15 is 0 Å². The number of hydrogen-bond donors (Lipinski definition) is 0. The minimum atomic E-state index is 0.713. The lowest BCUT2D eigenvalue weighted by molar-refractivity contribution is -0.107. The molecule has 1 aromatic heterocycles. The molecule has 0 spiro atoms. The topological polar surface area (TPSA) is 17.1 Å². The van der Waals surface area contributed by atoms with Gasteiger partial charge in [-0.3, -0.25) is 0 Å². The Morgan fingerprint density at radius 3 is 3.07 bits per heavy atom. The van der Waals surface area contributed by atoms with Crippen molar-refractivity contribution in [2.24, 2.45) is 0 Å². The Morgan fingerprint density at radius 2 is 2.21 bits per heavy atom. The summed E-state index contributed by atoms with van der Waals surface area (Å²) in [5, 5.41) is 2.31. The zero-order valence-electron chi connectivity index (χ0n) is 8.42. The number of aldehydes is 1. The maximum atomic E-state index is 10.2. The predicted octanol–water partition coefficient (Wildman–Crippen LogP) is 3.15. The quantitative estimate of drug-likeness (QED) is 0.549. The van der Waals surface area contributed by atoms with Gasteiger partial charge in [0, 0.05) is 11.3 Å². The number of unbranched alkanes of at least 4 members (excludes halogenated alkanes) is 1. The molecule has 1 aliphatic carbocycles. The Labute approximate surface area is 89.1 Å². The maximum Gasteiger partial charge on any atom is 0.120 e. The van der Waals surface area contributed by atoms with Gasteiger partial charge in [-0.2, -0.15) is 0 Å². The lowest BCUT2D eigenvalue weighted by Gasteiger charge is -2.12. The Morgan fingerprint density at radius 1 is 1.36 bits per heavy atom. The minimum Gasteiger partial charge on any atom is -0.303 e. The maximum absolute atomic E-state index is 10.2. The van der Waals surface area contributed by atoms with Gasteiger partial charge in [0.1, 0.15) is 6.29 Å². The number of fused-ring (bicyclic) bond motifs is 1. The molecular weight excluding hydrogens is 192 g/mol. The van der Waals surface area contributed by atoms with Crippen molar-refractivity contribution < 1.29 is 4.79 Å². The molecule has 76 valence electrons. The molecule has 0 bridgehead atoms. The molecule has 1 aliphatic rings. The first-order chi connectivity index (χ1) is 6.92. The van der Waals surface area contributed by atoms with Crippen LogP contribution in [0, 0.1) is 0 Å². The predicted molar refractivity (Wildman–Crippen MR) is 60.0 cm³/mol. The second-order valence-corrected chi connectivity index (χ2v) is 4.89. The molecule has 0 amide bonds. The fourth-order valence-electron chi connectivity index (χ4n) is 2.15. The molecule has 1 heterocycles. The van der Waals surface area contributed by atoms with E-state index in [1.807, 2.05) is 11.3 Å². The molecule has 0 aromatic carbocycles. The highest BCUT2D eigenvalue weighted by Gasteiger charge is 2.14. The van der Waals surface area contributed by atoms with Crippen molar-refractivity contribution >= 4 is 17.6 Å². The van der Waals surface area contributed by atoms with E-state index in [0.717, 1.165) is 19.1 Å². The molecule has 1 nitrogen and oxygen atoms in total. The van der Waals surface area contributed by atoms with E-state index in [2.05, 4.69) is 5.38 Å². The summed E-state index contributed by atoms with van der Waals surface area (Å²) in [5.41, 5.74) is 3.14. The molecule has 0 saturated heterocycles. The Balaban J connectivity index is 2.02. The molecule has 0 saturated carbocycles. The van der Waals surface area contributed by atoms with Crippen LogP contribution in [0.2, 0.25) is 0 Å². The van der Waals surface area contributed by atoms with Gasteiger partial charge in [0.25, 0.3) is 0 Å². The van der Waals surface area contributed by atoms with Crippen LogP contribution in [-0.4, -0.2) is 6.29 Å². The summed E-state index contributed by atoms with van der Waals surface area (Å²) in [6.07, 6.45) is 9.13. The SMILES string of the molecule is O=CCCCc1csc2c1CCCC2. The summed E-state index contributed by atoms with van der Waals surface area (Å²) >= 11 is 1.92. The van der Waals surface area contributed by atoms with Crippen LogP contribution >= 0.6 is 11.3 Å². The normalized spacial score (nSPS) is 15.1. The van der Waals surface area contributed by atoms with Crippen molar-refractivity contribution in [1.29, 1.82) is 0 Å². The first-order valence-corrected chi connectivity index (χ1v) is 6.31. The summed E-state index contributed by atoms with van der Waals surface area (Å²) in [5.74, 6) is 0. The van der Waals surface area contributed by atoms with E-state index < -0.39 is 0 Å². The van der Waals surface area contributed by atoms with Gasteiger partial charge in [0.2, 0.25) is 0 Å². The molecule has 1 aromatic rings. The zero-order valence-corrected chi connectivity index (χ0v) is 9.24. The second kappa shape index (κ2) is 4.74. The number of carbonyl (C=O) groups excluding carboxylic acids is 1. The summed E-state index contributed by atoms with van der Waals surface area (Å²) in [6.45, 7) is 0. The molecule has 0 unspecified atom stereocenters. The monoisotopic (exact) mass is 208 g/mol. The highest BCUT2D eigenvalue weighted by atomic mass is 32.1. The highest BCUT2D eigenvalue weighted by Crippen LogP contribution is 2.30. The second-order valence-electron chi connectivity index (χ2n) is 3.93. The van der Waals surface area contributed by atoms with E-state index in [4.69, 9.17) is 0 Å². The summed E-state index contributed by atoms with van der Waals surface area (Å²) in [7, 11) is 0. The molecule has 0 N–H and O–H groups in total. The largest absolute Gasteiger partial charge is 0.303 e. The van der Waals surface area contributed by atoms with E-state index in [-0.39, 0.29) is 0 Å². The summed E-state index contributed by atoms with van der Waals surface area (Å²) < 4.78 is 0. The zero-order chi connectivity index (χ0) is 9.80. The average Bonchev–Trinajstić information content (AvgIpc) is 2.63. The van der Waals surface area contributed by atoms with Crippen LogP contribution in [0.25, 0.3) is 0 Å². The van der Waals surface area contributed by atoms with Crippen LogP contribution in [0.4, 0.5) is 0 Å². The highest BCUT2D eigenvalue weighted by molar-refractivity contribution is 7.10. The molecule has 2 heteroatoms. The molecule has 0 atom stereocenters. The van der Waals surface area contributed by atoms with Gasteiger partial charge in [-0.15, -0.1) is 11.3 Å². The van der Waals surface area contributed by atoms with Crippen LogP contribution in [0.3, 0.4) is 0 Å². The fraction of sp³-hybridized carbons (Fsp3) is 0.583. The molecule has 2 rings (SSSR count). The van der Waals surface area contributed by atoms with Crippen LogP contribution in [0.1, 0.15) is 41.7 Å². The number of carbonyl (C=O) groups is 1. The van der Waals surface area contributed by atoms with E-state index in [1.54, 1.807) is 10.4 Å². The van der Waals surface area contributed by atoms with Crippen molar-refractivity contribution in [3.8, 4) is 0 Å². The van der Waals surface area contributed by atoms with Crippen molar-refractivity contribution in [3.63, 3.8) is 0 Å². The first kappa shape index (κ1) is 9.91. The van der Waals surface area contributed by atoms with Crippen LogP contribution in [0.5, 0.6) is 0 Å². The van der Waals surface area contributed by atoms with Crippen molar-refractivity contribution in [2.45, 2.75) is 44.9 Å². The standard InChI is InChI=1S/C12H16OS/c13-8-4-3-5-10-9-14-12-7-2-1-6-11(10)12/h8-9H,1-7H2. The third-order valence-electron chi connectivity index (χ3n) is 2.92. The van der Waals surface area contributed by atoms with Crippen molar-refractivity contribution in [2.75, 3.05) is 0 Å². The smallest absolute Gasteiger partial charge is 0.120 e. The fourth-order valence-corrected chi connectivity index (χ4v) is 3.33. The van der Waals surface area contributed by atoms with Crippen LogP contribution < -0.4 is 0 Å². The molecule has 14 heavy (non-hydrogen) atoms. The van der Waals surface area contributed by atoms with Crippen LogP contribution in [-0.2, 0) is 24.1 Å². The number of aryl methyl sites for hydroxylation is 2. The van der Waals surface area contributed by atoms with Crippen LogP contribution in [0.15, 0.2) is 5.38 Å². The van der Waals surface area contributed by atoms with E-state index in [1.165, 1.54) is 31.2 Å². The van der Waals surface area contributed by atoms with Gasteiger partial charge in [0.05, 0.1) is 0 Å². The van der Waals surface area contributed by atoms with Gasteiger partial charge >= 0.3 is 0 Å². The van der Waals surface area contributed by atoms with E-state index in [9.17, 15) is 4.79 Å². The Kier molecular flexibility index (Phi) is 3.35. The van der Waals surface area contributed by atoms with Gasteiger partial charge in [-0.1, -0.05) is 0 Å². The lowest BCUT2D eigenvalue weighted by atomic mass is 9.94. The third kappa shape index (κ3) is 2.06. The number of rotatable bonds is 4. The van der Waals surface area contributed by atoms with Gasteiger partial charge < -0.3 is 4.79 Å². The Bertz CT molecular complexity index is 314. The molecule has 0 radical (unpaired) electrons. The van der Waals surface area contributed by atoms with Gasteiger partial charge in [-0.05, 0) is 55.0 Å². The molecular formula is C12H16OS. The molecule has 0 aliphatic heterocycles. The first-order valence-electron chi connectivity index (χ1n) is 5.43. The summed E-state index contributed by atoms with van der Waals surface area (Å²) in [4.78, 5) is 11.8. The lowest BCUT2D eigenvalue weighted by Crippen LogP contribution is -2.01. The third-order valence-corrected chi connectivity index (χ3v) is 4.05. The van der Waals surface area contributed by atoms with Crippen molar-refractivity contribution in [1.82, 2.24) is 0 Å². The van der Waals surface area contributed by atoms with E-state index in [0.29, 0.717) is 6.42 Å². The van der Waals surface area contributed by atoms with Crippen molar-refractivity contribution in [3.05, 3.63) is 21.4 Å². The average molecular weight is 208 g/mol. The van der Waals surface area contributed by atoms with Gasteiger partial charge in [0.15, 0.2) is 0 Å². The Hall–Kier alpha value is -0.630. The molecule has 0 fully saturated rings. The van der Waals surface area contributed by atoms with Gasteiger partial charge in [-0.25, -0.2) is 0 Å². The number of hydrogen-bond acceptors (Lipinski definition) is 2.